The van der Waals surface area contributed by atoms with Crippen molar-refractivity contribution in [2.45, 2.75) is 98.6 Å². The summed E-state index contributed by atoms with van der Waals surface area (Å²) in [6, 6.07) is 0. The van der Waals surface area contributed by atoms with Crippen molar-refractivity contribution in [2.75, 3.05) is 54.9 Å². The van der Waals surface area contributed by atoms with Gasteiger partial charge >= 0.3 is 11.8 Å². The van der Waals surface area contributed by atoms with Gasteiger partial charge in [-0.05, 0) is 27.7 Å². The van der Waals surface area contributed by atoms with E-state index in [2.05, 4.69) is 18.9 Å². The normalized spacial score (nSPS) is 31.2. The van der Waals surface area contributed by atoms with Crippen LogP contribution in [0.2, 0.25) is 0 Å². The Bertz CT molecular complexity index is 721. The molecule has 0 radical (unpaired) electrons. The SMILES string of the molecule is CCOC1(OCC)CC1(F)Cl.CCOC1(OCC)CC1(F)F.COC1(OC)CC1(F)Cl.COC1(OC)CC1(F)F. The van der Waals surface area contributed by atoms with Gasteiger partial charge in [-0.2, -0.15) is 0 Å². The monoisotopic (exact) mass is 640 g/mol. The van der Waals surface area contributed by atoms with E-state index >= 15 is 0 Å². The summed E-state index contributed by atoms with van der Waals surface area (Å²) in [7, 11) is 5.16. The van der Waals surface area contributed by atoms with Gasteiger partial charge in [0.1, 0.15) is 0 Å². The Balaban J connectivity index is 0.000000268. The highest BCUT2D eigenvalue weighted by Gasteiger charge is 2.75. The minimum atomic E-state index is -2.78. The maximum Gasteiger partial charge on any atom is 0.306 e. The van der Waals surface area contributed by atoms with E-state index in [4.69, 9.17) is 42.1 Å². The van der Waals surface area contributed by atoms with Gasteiger partial charge in [0.15, 0.2) is 0 Å². The molecule has 0 spiro atoms. The number of hydrogen-bond donors (Lipinski definition) is 0. The molecule has 240 valence electrons. The standard InChI is InChI=1S/C7H12ClFO2.C7H12F2O2.C5H8ClFO2.C5H8F2O2/c2*1-3-10-7(11-4-2)5-6(7,8)9;2*1-8-5(9-2)3-4(5,6)7/h2*3-5H2,1-2H3;2*3H2,1-2H3. The zero-order valence-corrected chi connectivity index (χ0v) is 25.5. The predicted molar refractivity (Wildman–Crippen MR) is 133 cm³/mol. The fourth-order valence-corrected chi connectivity index (χ4v) is 4.30. The summed E-state index contributed by atoms with van der Waals surface area (Å²) in [5, 5.41) is -3.62. The number of methoxy groups -OCH3 is 4. The second-order valence-corrected chi connectivity index (χ2v) is 10.3. The molecule has 0 saturated heterocycles. The van der Waals surface area contributed by atoms with Crippen LogP contribution in [0.4, 0.5) is 26.3 Å². The summed E-state index contributed by atoms with van der Waals surface area (Å²) in [5.74, 6) is -11.1. The molecule has 4 rings (SSSR count). The van der Waals surface area contributed by atoms with Gasteiger partial charge in [0.05, 0.1) is 25.7 Å². The van der Waals surface area contributed by atoms with Gasteiger partial charge in [0.2, 0.25) is 33.4 Å². The summed E-state index contributed by atoms with van der Waals surface area (Å²) >= 11 is 10.7. The topological polar surface area (TPSA) is 73.8 Å². The van der Waals surface area contributed by atoms with Crippen molar-refractivity contribution in [1.82, 2.24) is 0 Å². The molecule has 0 N–H and O–H groups in total. The Morgan fingerprint density at radius 3 is 0.775 bits per heavy atom. The molecule has 0 aromatic rings. The number of halogens is 8. The van der Waals surface area contributed by atoms with Gasteiger partial charge in [-0.3, -0.25) is 0 Å². The van der Waals surface area contributed by atoms with Gasteiger partial charge in [-0.15, -0.1) is 0 Å². The Morgan fingerprint density at radius 1 is 0.450 bits per heavy atom. The zero-order valence-electron chi connectivity index (χ0n) is 23.9. The van der Waals surface area contributed by atoms with Gasteiger partial charge in [-0.25, -0.2) is 26.3 Å². The molecule has 2 unspecified atom stereocenters. The molecule has 0 heterocycles. The van der Waals surface area contributed by atoms with Crippen LogP contribution in [0.15, 0.2) is 0 Å². The number of hydrogen-bond acceptors (Lipinski definition) is 8. The second-order valence-electron chi connectivity index (χ2n) is 9.09. The molecule has 16 heteroatoms. The van der Waals surface area contributed by atoms with Gasteiger partial charge in [0, 0.05) is 54.9 Å². The van der Waals surface area contributed by atoms with Crippen LogP contribution >= 0.6 is 23.2 Å². The summed E-state index contributed by atoms with van der Waals surface area (Å²) in [5.41, 5.74) is 0. The highest BCUT2D eigenvalue weighted by molar-refractivity contribution is 6.26. The summed E-state index contributed by atoms with van der Waals surface area (Å²) in [4.78, 5) is 0. The largest absolute Gasteiger partial charge is 0.349 e. The number of rotatable bonds is 12. The van der Waals surface area contributed by atoms with Crippen LogP contribution < -0.4 is 0 Å². The third-order valence-corrected chi connectivity index (χ3v) is 7.22. The summed E-state index contributed by atoms with van der Waals surface area (Å²) in [6.07, 6.45) is -0.396. The third-order valence-electron chi connectivity index (χ3n) is 6.38. The van der Waals surface area contributed by atoms with E-state index in [-0.39, 0.29) is 38.9 Å². The van der Waals surface area contributed by atoms with Crippen molar-refractivity contribution in [3.63, 3.8) is 0 Å². The molecule has 40 heavy (non-hydrogen) atoms. The van der Waals surface area contributed by atoms with Crippen molar-refractivity contribution < 1.29 is 64.2 Å². The average molecular weight is 641 g/mol. The van der Waals surface area contributed by atoms with E-state index in [9.17, 15) is 26.3 Å². The molecule has 8 nitrogen and oxygen atoms in total. The first kappa shape index (κ1) is 37.9. The Hall–Kier alpha value is -0.160. The lowest BCUT2D eigenvalue weighted by atomic mass is 10.6. The van der Waals surface area contributed by atoms with Gasteiger partial charge in [0.25, 0.3) is 0 Å². The molecule has 4 fully saturated rings. The minimum Gasteiger partial charge on any atom is -0.349 e. The summed E-state index contributed by atoms with van der Waals surface area (Å²) < 4.78 is 113. The van der Waals surface area contributed by atoms with Crippen LogP contribution in [0.3, 0.4) is 0 Å². The first-order valence-corrected chi connectivity index (χ1v) is 13.3. The molecule has 0 aliphatic heterocycles. The van der Waals surface area contributed by atoms with E-state index < -0.39 is 45.2 Å². The van der Waals surface area contributed by atoms with Crippen molar-refractivity contribution in [2.24, 2.45) is 0 Å². The Kier molecular flexibility index (Phi) is 12.9. The fraction of sp³-hybridized carbons (Fsp3) is 1.00. The quantitative estimate of drug-likeness (QED) is 0.143. The first-order chi connectivity index (χ1) is 18.3. The van der Waals surface area contributed by atoms with Crippen LogP contribution in [0.5, 0.6) is 0 Å². The van der Waals surface area contributed by atoms with Crippen molar-refractivity contribution in [3.05, 3.63) is 0 Å². The molecule has 4 aliphatic rings. The zero-order chi connectivity index (χ0) is 31.3. The molecule has 0 aromatic heterocycles. The maximum absolute atomic E-state index is 13.0. The van der Waals surface area contributed by atoms with E-state index in [0.29, 0.717) is 13.2 Å². The van der Waals surface area contributed by atoms with Gasteiger partial charge < -0.3 is 37.9 Å². The van der Waals surface area contributed by atoms with Crippen LogP contribution in [-0.2, 0) is 37.9 Å². The molecule has 4 saturated carbocycles. The fourth-order valence-electron chi connectivity index (χ4n) is 3.69. The van der Waals surface area contributed by atoms with Crippen molar-refractivity contribution >= 4 is 23.2 Å². The number of ether oxygens (including phenoxy) is 8. The van der Waals surface area contributed by atoms with Crippen LogP contribution in [0.25, 0.3) is 0 Å². The maximum atomic E-state index is 13.0. The predicted octanol–water partition coefficient (Wildman–Crippen LogP) is 6.16. The van der Waals surface area contributed by atoms with Crippen molar-refractivity contribution in [3.8, 4) is 0 Å². The molecular formula is C24H40Cl2F6O8. The smallest absolute Gasteiger partial charge is 0.306 e. The van der Waals surface area contributed by atoms with E-state index in [1.807, 2.05) is 0 Å². The van der Waals surface area contributed by atoms with E-state index in [1.54, 1.807) is 27.7 Å². The lowest BCUT2D eigenvalue weighted by Crippen LogP contribution is -2.26. The van der Waals surface area contributed by atoms with E-state index in [1.165, 1.54) is 28.4 Å². The van der Waals surface area contributed by atoms with Gasteiger partial charge in [-0.1, -0.05) is 23.2 Å². The number of alkyl halides is 8. The highest BCUT2D eigenvalue weighted by atomic mass is 35.5. The Labute approximate surface area is 241 Å². The molecule has 0 amide bonds. The molecule has 4 aliphatic carbocycles. The first-order valence-electron chi connectivity index (χ1n) is 12.6. The lowest BCUT2D eigenvalue weighted by Gasteiger charge is -2.16. The second kappa shape index (κ2) is 13.6. The van der Waals surface area contributed by atoms with Crippen LogP contribution in [-0.4, -0.2) is 100 Å². The third kappa shape index (κ3) is 8.06. The molecule has 0 bridgehead atoms. The van der Waals surface area contributed by atoms with Crippen molar-refractivity contribution in [1.29, 1.82) is 0 Å². The highest BCUT2D eigenvalue weighted by Crippen LogP contribution is 2.59. The average Bonchev–Trinajstić information content (AvgIpc) is 3.81. The Morgan fingerprint density at radius 2 is 0.675 bits per heavy atom. The van der Waals surface area contributed by atoms with E-state index in [0.717, 1.165) is 0 Å². The lowest BCUT2D eigenvalue weighted by molar-refractivity contribution is -0.210. The molecule has 2 atom stereocenters. The van der Waals surface area contributed by atoms with Crippen LogP contribution in [0, 0.1) is 0 Å². The van der Waals surface area contributed by atoms with Crippen LogP contribution in [0.1, 0.15) is 53.4 Å². The minimum absolute atomic E-state index is 0.106. The summed E-state index contributed by atoms with van der Waals surface area (Å²) in [6.45, 7) is 8.27. The molecular weight excluding hydrogens is 601 g/mol. The molecule has 0 aromatic carbocycles.